The van der Waals surface area contributed by atoms with Crippen LogP contribution in [-0.2, 0) is 0 Å². The number of aromatic nitrogens is 2. The number of piperidine rings is 1. The Morgan fingerprint density at radius 1 is 1.43 bits per heavy atom. The normalized spacial score (nSPS) is 18.2. The molecule has 21 heavy (non-hydrogen) atoms. The minimum absolute atomic E-state index is 0.441. The van der Waals surface area contributed by atoms with Gasteiger partial charge in [0.15, 0.2) is 0 Å². The summed E-state index contributed by atoms with van der Waals surface area (Å²) < 4.78 is 5.72. The molecule has 0 amide bonds. The molecule has 0 spiro atoms. The van der Waals surface area contributed by atoms with Gasteiger partial charge in [0.05, 0.1) is 12.2 Å². The van der Waals surface area contributed by atoms with Crippen LogP contribution in [0.5, 0.6) is 5.19 Å². The van der Waals surface area contributed by atoms with Crippen molar-refractivity contribution in [3.8, 4) is 11.3 Å². The summed E-state index contributed by atoms with van der Waals surface area (Å²) in [4.78, 5) is 10.7. The number of pyridine rings is 1. The van der Waals surface area contributed by atoms with Crippen molar-refractivity contribution in [3.63, 3.8) is 0 Å². The standard InChI is InChI=1S/C15H16N4OS/c16-9-13-4-1-5-17-14(13)19-7-2-3-12(10-19)11-20-15-18-6-8-21-15/h1,4-6,8,12H,2-3,7,10-11H2. The van der Waals surface area contributed by atoms with Crippen molar-refractivity contribution < 1.29 is 4.74 Å². The number of hydrogen-bond donors (Lipinski definition) is 0. The van der Waals surface area contributed by atoms with Crippen LogP contribution < -0.4 is 9.64 Å². The highest BCUT2D eigenvalue weighted by atomic mass is 32.1. The molecule has 1 saturated heterocycles. The van der Waals surface area contributed by atoms with Crippen LogP contribution >= 0.6 is 11.3 Å². The van der Waals surface area contributed by atoms with Crippen molar-refractivity contribution in [2.45, 2.75) is 12.8 Å². The number of nitriles is 1. The Morgan fingerprint density at radius 3 is 3.19 bits per heavy atom. The van der Waals surface area contributed by atoms with Crippen LogP contribution in [0.1, 0.15) is 18.4 Å². The molecule has 1 aliphatic rings. The van der Waals surface area contributed by atoms with E-state index in [0.29, 0.717) is 18.1 Å². The molecule has 1 unspecified atom stereocenters. The molecule has 6 heteroatoms. The van der Waals surface area contributed by atoms with Crippen molar-refractivity contribution in [2.75, 3.05) is 24.6 Å². The Morgan fingerprint density at radius 2 is 2.38 bits per heavy atom. The molecule has 0 radical (unpaired) electrons. The second kappa shape index (κ2) is 6.55. The molecule has 3 rings (SSSR count). The van der Waals surface area contributed by atoms with Crippen LogP contribution in [0.15, 0.2) is 29.9 Å². The van der Waals surface area contributed by atoms with Gasteiger partial charge in [-0.2, -0.15) is 5.26 Å². The summed E-state index contributed by atoms with van der Waals surface area (Å²) in [5, 5.41) is 11.8. The highest BCUT2D eigenvalue weighted by Gasteiger charge is 2.23. The molecular formula is C15H16N4OS. The predicted octanol–water partition coefficient (Wildman–Crippen LogP) is 2.71. The summed E-state index contributed by atoms with van der Waals surface area (Å²) in [5.41, 5.74) is 0.638. The lowest BCUT2D eigenvalue weighted by atomic mass is 9.98. The van der Waals surface area contributed by atoms with Crippen molar-refractivity contribution in [2.24, 2.45) is 5.92 Å². The summed E-state index contributed by atoms with van der Waals surface area (Å²) >= 11 is 1.51. The van der Waals surface area contributed by atoms with Gasteiger partial charge < -0.3 is 9.64 Å². The van der Waals surface area contributed by atoms with Crippen molar-refractivity contribution in [1.82, 2.24) is 9.97 Å². The first-order chi connectivity index (χ1) is 10.4. The van der Waals surface area contributed by atoms with E-state index in [9.17, 15) is 5.26 Å². The molecule has 2 aromatic rings. The molecule has 2 aromatic heterocycles. The SMILES string of the molecule is N#Cc1cccnc1N1CCCC(COc2nccs2)C1. The minimum Gasteiger partial charge on any atom is -0.470 e. The Hall–Kier alpha value is -2.13. The number of ether oxygens (including phenoxy) is 1. The monoisotopic (exact) mass is 300 g/mol. The van der Waals surface area contributed by atoms with E-state index < -0.39 is 0 Å². The fourth-order valence-corrected chi connectivity index (χ4v) is 3.10. The number of anilines is 1. The van der Waals surface area contributed by atoms with Crippen LogP contribution in [0.4, 0.5) is 5.82 Å². The average Bonchev–Trinajstić information content (AvgIpc) is 3.06. The summed E-state index contributed by atoms with van der Waals surface area (Å²) in [6.07, 6.45) is 5.72. The van der Waals surface area contributed by atoms with Gasteiger partial charge in [0.2, 0.25) is 0 Å². The van der Waals surface area contributed by atoms with E-state index in [1.54, 1.807) is 18.5 Å². The first-order valence-corrected chi connectivity index (χ1v) is 7.87. The number of rotatable bonds is 4. The molecule has 3 heterocycles. The maximum atomic E-state index is 9.20. The molecule has 0 saturated carbocycles. The van der Waals surface area contributed by atoms with Gasteiger partial charge in [0.25, 0.3) is 5.19 Å². The first-order valence-electron chi connectivity index (χ1n) is 6.99. The molecule has 1 aliphatic heterocycles. The van der Waals surface area contributed by atoms with Gasteiger partial charge >= 0.3 is 0 Å². The Bertz CT molecular complexity index is 623. The zero-order valence-corrected chi connectivity index (χ0v) is 12.4. The maximum Gasteiger partial charge on any atom is 0.273 e. The fraction of sp³-hybridized carbons (Fsp3) is 0.400. The summed E-state index contributed by atoms with van der Waals surface area (Å²) in [5.74, 6) is 1.23. The topological polar surface area (TPSA) is 62.0 Å². The molecule has 0 N–H and O–H groups in total. The number of nitrogens with zero attached hydrogens (tertiary/aromatic N) is 4. The van der Waals surface area contributed by atoms with Crippen molar-refractivity contribution in [3.05, 3.63) is 35.5 Å². The van der Waals surface area contributed by atoms with E-state index in [1.165, 1.54) is 11.3 Å². The Balaban J connectivity index is 1.64. The summed E-state index contributed by atoms with van der Waals surface area (Å²) in [7, 11) is 0. The van der Waals surface area contributed by atoms with Gasteiger partial charge in [0, 0.05) is 36.8 Å². The zero-order chi connectivity index (χ0) is 14.5. The van der Waals surface area contributed by atoms with E-state index >= 15 is 0 Å². The van der Waals surface area contributed by atoms with E-state index in [-0.39, 0.29) is 0 Å². The summed E-state index contributed by atoms with van der Waals surface area (Å²) in [6, 6.07) is 5.84. The first kappa shape index (κ1) is 13.8. The molecule has 0 aromatic carbocycles. The van der Waals surface area contributed by atoms with Gasteiger partial charge in [-0.05, 0) is 25.0 Å². The quantitative estimate of drug-likeness (QED) is 0.868. The Labute approximate surface area is 127 Å². The predicted molar refractivity (Wildman–Crippen MR) is 81.5 cm³/mol. The highest BCUT2D eigenvalue weighted by Crippen LogP contribution is 2.25. The fourth-order valence-electron chi connectivity index (χ4n) is 2.60. The van der Waals surface area contributed by atoms with Crippen LogP contribution in [0.25, 0.3) is 0 Å². The number of thiazole rings is 1. The molecule has 0 bridgehead atoms. The van der Waals surface area contributed by atoms with Gasteiger partial charge in [-0.25, -0.2) is 9.97 Å². The second-order valence-electron chi connectivity index (χ2n) is 5.05. The van der Waals surface area contributed by atoms with Gasteiger partial charge in [-0.1, -0.05) is 11.3 Å². The summed E-state index contributed by atoms with van der Waals surface area (Å²) in [6.45, 7) is 2.48. The molecule has 1 fully saturated rings. The smallest absolute Gasteiger partial charge is 0.273 e. The van der Waals surface area contributed by atoms with E-state index in [0.717, 1.165) is 36.9 Å². The molecule has 5 nitrogen and oxygen atoms in total. The minimum atomic E-state index is 0.441. The van der Waals surface area contributed by atoms with Gasteiger partial charge in [-0.15, -0.1) is 0 Å². The van der Waals surface area contributed by atoms with E-state index in [4.69, 9.17) is 4.74 Å². The largest absolute Gasteiger partial charge is 0.470 e. The van der Waals surface area contributed by atoms with Gasteiger partial charge in [-0.3, -0.25) is 0 Å². The van der Waals surface area contributed by atoms with E-state index in [2.05, 4.69) is 20.9 Å². The van der Waals surface area contributed by atoms with Crippen LogP contribution in [0.3, 0.4) is 0 Å². The average molecular weight is 300 g/mol. The molecule has 108 valence electrons. The lowest BCUT2D eigenvalue weighted by Gasteiger charge is -2.33. The van der Waals surface area contributed by atoms with Crippen LogP contribution in [-0.4, -0.2) is 29.7 Å². The lowest BCUT2D eigenvalue weighted by Crippen LogP contribution is -2.38. The number of hydrogen-bond acceptors (Lipinski definition) is 6. The lowest BCUT2D eigenvalue weighted by molar-refractivity contribution is 0.227. The van der Waals surface area contributed by atoms with Gasteiger partial charge in [0.1, 0.15) is 11.9 Å². The van der Waals surface area contributed by atoms with Crippen LogP contribution in [0.2, 0.25) is 0 Å². The maximum absolute atomic E-state index is 9.20. The third kappa shape index (κ3) is 3.31. The Kier molecular flexibility index (Phi) is 4.31. The van der Waals surface area contributed by atoms with E-state index in [1.807, 2.05) is 11.4 Å². The third-order valence-electron chi connectivity index (χ3n) is 3.58. The molecule has 1 atom stereocenters. The van der Waals surface area contributed by atoms with Crippen LogP contribution in [0, 0.1) is 17.2 Å². The van der Waals surface area contributed by atoms with Crippen molar-refractivity contribution >= 4 is 17.2 Å². The zero-order valence-electron chi connectivity index (χ0n) is 11.6. The highest BCUT2D eigenvalue weighted by molar-refractivity contribution is 7.11. The second-order valence-corrected chi connectivity index (χ2v) is 5.91. The molecular weight excluding hydrogens is 284 g/mol. The van der Waals surface area contributed by atoms with Crippen molar-refractivity contribution in [1.29, 1.82) is 5.26 Å². The molecule has 0 aliphatic carbocycles. The third-order valence-corrected chi connectivity index (χ3v) is 4.26.